The maximum atomic E-state index is 11.9. The fourth-order valence-corrected chi connectivity index (χ4v) is 18.8. The number of aromatic amines is 4. The Kier molecular flexibility index (Phi) is 29.4. The molecule has 1 aliphatic carbocycles. The summed E-state index contributed by atoms with van der Waals surface area (Å²) in [5.41, 5.74) is 20.7. The van der Waals surface area contributed by atoms with E-state index < -0.39 is 11.2 Å². The highest BCUT2D eigenvalue weighted by Crippen LogP contribution is 2.58. The summed E-state index contributed by atoms with van der Waals surface area (Å²) in [7, 11) is 16.8. The molecule has 0 amide bonds. The van der Waals surface area contributed by atoms with Crippen molar-refractivity contribution in [2.75, 3.05) is 63.7 Å². The Morgan fingerprint density at radius 1 is 0.465 bits per heavy atom. The van der Waals surface area contributed by atoms with Crippen LogP contribution in [0.25, 0.3) is 127 Å². The van der Waals surface area contributed by atoms with Crippen LogP contribution in [0.2, 0.25) is 0 Å². The molecule has 28 heteroatoms. The summed E-state index contributed by atoms with van der Waals surface area (Å²) < 4.78 is 88.7. The number of phenolic OH excluding ortho intramolecular Hbond substituents is 3. The highest BCUT2D eigenvalue weighted by molar-refractivity contribution is 7.94. The third-order valence-corrected chi connectivity index (χ3v) is 26.3. The van der Waals surface area contributed by atoms with Crippen LogP contribution in [0.4, 0.5) is 0 Å². The first kappa shape index (κ1) is 99.3. The number of aromatic nitrogens is 7. The van der Waals surface area contributed by atoms with E-state index in [2.05, 4.69) is 139 Å². The number of fused-ring (bicyclic) bond motifs is 17. The minimum absolute atomic E-state index is 0.0423. The normalized spacial score (nSPS) is 12.8. The first-order valence-electron chi connectivity index (χ1n) is 46.9. The number of methoxy groups -OCH3 is 8. The highest BCUT2D eigenvalue weighted by atomic mass is 32.2. The Labute approximate surface area is 837 Å². The Morgan fingerprint density at radius 3 is 1.54 bits per heavy atom. The van der Waals surface area contributed by atoms with Crippen LogP contribution in [0, 0.1) is 13.8 Å². The lowest BCUT2D eigenvalue weighted by atomic mass is 9.91. The second-order valence-electron chi connectivity index (χ2n) is 36.2. The first-order chi connectivity index (χ1) is 69.6. The molecule has 742 valence electrons. The summed E-state index contributed by atoms with van der Waals surface area (Å²) in [6.45, 7) is 21.7. The molecule has 10 heterocycles. The lowest BCUT2D eigenvalue weighted by molar-refractivity contribution is -0.432. The molecule has 0 saturated heterocycles. The summed E-state index contributed by atoms with van der Waals surface area (Å²) in [4.78, 5) is 13.7. The van der Waals surface area contributed by atoms with Crippen LogP contribution in [-0.4, -0.2) is 129 Å². The van der Waals surface area contributed by atoms with Gasteiger partial charge in [-0.25, -0.2) is 5.26 Å². The van der Waals surface area contributed by atoms with Gasteiger partial charge in [-0.2, -0.15) is 0 Å². The number of aromatic hydroxyl groups is 3. The van der Waals surface area contributed by atoms with Crippen molar-refractivity contribution in [1.29, 1.82) is 0 Å². The molecule has 4 aliphatic rings. The van der Waals surface area contributed by atoms with Crippen molar-refractivity contribution < 1.29 is 96.3 Å². The van der Waals surface area contributed by atoms with E-state index in [9.17, 15) is 15.3 Å². The Hall–Kier alpha value is -16.3. The number of ether oxygens (including phenoxy) is 14. The molecule has 23 rings (SSSR count). The van der Waals surface area contributed by atoms with Gasteiger partial charge in [-0.15, -0.1) is 4.33 Å². The molecule has 0 bridgehead atoms. The Balaban J connectivity index is 0.000000124. The summed E-state index contributed by atoms with van der Waals surface area (Å²) >= 11 is 0.738. The molecule has 3 aliphatic heterocycles. The molecule has 27 nitrogen and oxygen atoms in total. The zero-order valence-electron chi connectivity index (χ0n) is 83.7. The summed E-state index contributed by atoms with van der Waals surface area (Å²) in [5.74, 6) is 10.0. The second kappa shape index (κ2) is 42.7. The van der Waals surface area contributed by atoms with Crippen molar-refractivity contribution in [3.8, 4) is 120 Å². The van der Waals surface area contributed by atoms with Crippen molar-refractivity contribution in [2.45, 2.75) is 104 Å². The maximum absolute atomic E-state index is 11.9. The van der Waals surface area contributed by atoms with Crippen LogP contribution < -0.4 is 66.3 Å². The monoisotopic (exact) mass is 1960 g/mol. The fraction of sp³-hybridized carbons (Fsp3) is 0.224. The molecule has 19 aromatic rings. The molecule has 144 heavy (non-hydrogen) atoms. The van der Waals surface area contributed by atoms with Crippen LogP contribution in [0.3, 0.4) is 0 Å². The van der Waals surface area contributed by atoms with Gasteiger partial charge in [0.1, 0.15) is 41.7 Å². The van der Waals surface area contributed by atoms with E-state index in [1.165, 1.54) is 10.9 Å². The van der Waals surface area contributed by atoms with Crippen molar-refractivity contribution in [2.24, 2.45) is 14.1 Å². The number of hydrogen-bond acceptors (Lipinski definition) is 21. The molecular weight excluding hydrogens is 1840 g/mol. The molecule has 0 spiro atoms. The first-order valence-corrected chi connectivity index (χ1v) is 47.6. The number of nitrogens with one attached hydrogen (secondary N) is 4. The lowest BCUT2D eigenvalue weighted by Crippen LogP contribution is -2.28. The van der Waals surface area contributed by atoms with E-state index in [1.54, 1.807) is 69.0 Å². The van der Waals surface area contributed by atoms with E-state index in [-0.39, 0.29) is 17.2 Å². The molecule has 8 N–H and O–H groups in total. The van der Waals surface area contributed by atoms with Crippen molar-refractivity contribution in [3.63, 3.8) is 0 Å². The van der Waals surface area contributed by atoms with E-state index in [4.69, 9.17) is 71.6 Å². The van der Waals surface area contributed by atoms with Gasteiger partial charge in [0.2, 0.25) is 6.79 Å². The number of hydrogen-bond donors (Lipinski definition) is 8. The van der Waals surface area contributed by atoms with Crippen molar-refractivity contribution in [1.82, 2.24) is 33.6 Å². The van der Waals surface area contributed by atoms with Crippen LogP contribution in [0.15, 0.2) is 249 Å². The SMILES string of the molecule is C=C(C)n1ccc2cc(OC)c(OC)cc21.CCCc1c[nH]c2cc(OCc3ccccc3)c(OCc3ccccc3)cc12.COc1cc2c(c(-c3c(O)c(OC)cc4c3[nH]c3c5c(c(C)cc34)OC(C)(C)C=C5)c1O)Cc1c-2cc(C)c2c1C=CC(C)(C)O2.COc1cc2cc[nH]c2cc1OC.COc1cc2ccn(C)c2cc1OC.Cn1ccc2cc(O)c(SOOO)cc21.c1cc2cc3c(cc2[nH]1)OCO3. The molecule has 0 radical (unpaired) electrons. The molecule has 0 atom stereocenters. The van der Waals surface area contributed by atoms with E-state index in [1.807, 2.05) is 217 Å². The molecule has 0 saturated carbocycles. The third kappa shape index (κ3) is 20.5. The predicted octanol–water partition coefficient (Wildman–Crippen LogP) is 27.0. The van der Waals surface area contributed by atoms with Gasteiger partial charge in [-0.1, -0.05) is 91.7 Å². The average molecular weight is 1960 g/mol. The Bertz CT molecular complexity index is 7950. The highest BCUT2D eigenvalue weighted by Gasteiger charge is 2.37. The van der Waals surface area contributed by atoms with Gasteiger partial charge in [0.05, 0.1) is 101 Å². The molecular formula is C116H117N7O20S. The number of benzene rings is 12. The van der Waals surface area contributed by atoms with E-state index in [0.717, 1.165) is 232 Å². The largest absolute Gasteiger partial charge is 0.507 e. The standard InChI is InChI=1S/C39H37NO6.C25H25NO2.C13H15NO2.C11H13NO2.C10H11NO2.C9H9NO4S.C9H7NO2/c1-18-13-22-23(20-9-11-38(3,4)45-36(18)20)15-25-24(22)16-28(43-7)34(41)30(25)31-33-27(17-29(44-8)35(31)42)26-14-19(2)37-21(32(26)40-33)10-12-39(5,6)46-37;1-2-9-21-16-26-23-15-25(28-18-20-12-7-4-8-13-20)24(14-22(21)23)27-17-19-10-5-3-6-11-19;1-9(2)14-6-5-10-7-12(15-3)13(16-4)8-11(10)14;1-12-5-4-8-6-10(13-2)11(14-3)7-9(8)12;1-12-9-5-7-3-4-11-8(7)6-10(9)13-2;1-10-3-2-6-4-8(11)9(5-7(6)10)15-14-13-12;1-2-10-7-4-9-8(3-6(1)7)11-5-12-9/h9-14,16-17,40-42H,15H2,1-8H3;3-8,10-16,26H,2,9,17-18H2,1H3;5-8H,1H2,2-4H3;4-7H,1-3H3;3-6,11H,1-2H3;2-5,11-12H,1H3;1-4,10H,5H2. The maximum Gasteiger partial charge on any atom is 0.231 e. The molecule has 12 aromatic carbocycles. The van der Waals surface area contributed by atoms with Crippen molar-refractivity contribution in [3.05, 3.63) is 294 Å². The van der Waals surface area contributed by atoms with Crippen LogP contribution >= 0.6 is 12.0 Å². The summed E-state index contributed by atoms with van der Waals surface area (Å²) in [5, 5.41) is 53.4. The quantitative estimate of drug-likeness (QED) is 0.0188. The third-order valence-electron chi connectivity index (χ3n) is 25.7. The smallest absolute Gasteiger partial charge is 0.231 e. The van der Waals surface area contributed by atoms with Crippen molar-refractivity contribution >= 4 is 117 Å². The molecule has 0 unspecified atom stereocenters. The fourth-order valence-electron chi connectivity index (χ4n) is 18.4. The van der Waals surface area contributed by atoms with Gasteiger partial charge in [0.25, 0.3) is 0 Å². The number of H-pyrrole nitrogens is 4. The van der Waals surface area contributed by atoms with Gasteiger partial charge in [0, 0.05) is 176 Å². The summed E-state index contributed by atoms with van der Waals surface area (Å²) in [6, 6.07) is 61.6. The zero-order chi connectivity index (χ0) is 102. The Morgan fingerprint density at radius 2 is 0.944 bits per heavy atom. The number of nitrogens with zero attached hydrogens (tertiary/aromatic N) is 3. The number of rotatable bonds is 21. The van der Waals surface area contributed by atoms with Crippen LogP contribution in [-0.2, 0) is 49.5 Å². The number of allylic oxidation sites excluding steroid dienone is 1. The number of aryl methyl sites for hydroxylation is 5. The van der Waals surface area contributed by atoms with Gasteiger partial charge >= 0.3 is 0 Å². The average Bonchev–Trinajstić information content (AvgIpc) is 1.55. The lowest BCUT2D eigenvalue weighted by Gasteiger charge is -2.30. The minimum Gasteiger partial charge on any atom is -0.507 e. The van der Waals surface area contributed by atoms with Crippen LogP contribution in [0.5, 0.6) is 97.7 Å². The topological polar surface area (TPSA) is 307 Å². The van der Waals surface area contributed by atoms with Gasteiger partial charge in [-0.3, -0.25) is 0 Å². The molecule has 0 fully saturated rings. The van der Waals surface area contributed by atoms with E-state index in [0.29, 0.717) is 59.5 Å². The predicted molar refractivity (Wildman–Crippen MR) is 570 cm³/mol. The van der Waals surface area contributed by atoms with Gasteiger partial charge in [-0.05, 0) is 220 Å². The van der Waals surface area contributed by atoms with Crippen LogP contribution in [0.1, 0.15) is 98.0 Å². The zero-order valence-corrected chi connectivity index (χ0v) is 84.5. The van der Waals surface area contributed by atoms with Gasteiger partial charge < -0.3 is 115 Å². The molecule has 7 aromatic heterocycles. The minimum atomic E-state index is -0.431. The van der Waals surface area contributed by atoms with Gasteiger partial charge in [0.15, 0.2) is 80.5 Å². The second-order valence-corrected chi connectivity index (χ2v) is 36.9. The number of phenols is 3. The van der Waals surface area contributed by atoms with E-state index >= 15 is 0 Å². The summed E-state index contributed by atoms with van der Waals surface area (Å²) in [6.07, 6.45) is 22.9.